The summed E-state index contributed by atoms with van der Waals surface area (Å²) in [5.74, 6) is -0.0173. The van der Waals surface area contributed by atoms with Crippen LogP contribution in [0.4, 0.5) is 6.01 Å². The second kappa shape index (κ2) is 7.47. The number of aromatic nitrogens is 2. The second-order valence-electron chi connectivity index (χ2n) is 5.17. The Morgan fingerprint density at radius 3 is 2.42 bits per heavy atom. The van der Waals surface area contributed by atoms with Crippen LogP contribution in [0.15, 0.2) is 52.9 Å². The molecule has 0 atom stereocenters. The van der Waals surface area contributed by atoms with Crippen LogP contribution >= 0.6 is 0 Å². The predicted octanol–water partition coefficient (Wildman–Crippen LogP) is 2.78. The molecule has 132 valence electrons. The number of carbonyl (C=O) groups is 2. The van der Waals surface area contributed by atoms with Gasteiger partial charge in [-0.15, -0.1) is 5.10 Å². The predicted molar refractivity (Wildman–Crippen MR) is 92.0 cm³/mol. The van der Waals surface area contributed by atoms with Gasteiger partial charge in [0.25, 0.3) is 5.91 Å². The third-order valence-corrected chi connectivity index (χ3v) is 3.53. The van der Waals surface area contributed by atoms with Gasteiger partial charge in [-0.25, -0.2) is 4.79 Å². The first-order chi connectivity index (χ1) is 12.6. The van der Waals surface area contributed by atoms with Gasteiger partial charge in [0.05, 0.1) is 19.8 Å². The largest absolute Gasteiger partial charge is 0.497 e. The lowest BCUT2D eigenvalue weighted by molar-refractivity contribution is 0.0600. The third-order valence-electron chi connectivity index (χ3n) is 3.53. The van der Waals surface area contributed by atoms with E-state index in [-0.39, 0.29) is 11.9 Å². The van der Waals surface area contributed by atoms with Crippen molar-refractivity contribution in [3.63, 3.8) is 0 Å². The van der Waals surface area contributed by atoms with Gasteiger partial charge in [0, 0.05) is 11.1 Å². The molecule has 1 aromatic heterocycles. The van der Waals surface area contributed by atoms with Crippen LogP contribution in [0.5, 0.6) is 5.75 Å². The minimum absolute atomic E-state index is 0.0372. The molecule has 8 heteroatoms. The van der Waals surface area contributed by atoms with Gasteiger partial charge >= 0.3 is 12.0 Å². The zero-order valence-corrected chi connectivity index (χ0v) is 14.1. The Morgan fingerprint density at radius 2 is 1.73 bits per heavy atom. The fourth-order valence-electron chi connectivity index (χ4n) is 2.19. The molecule has 0 aliphatic carbocycles. The first-order valence-corrected chi connectivity index (χ1v) is 7.58. The van der Waals surface area contributed by atoms with Crippen LogP contribution in [-0.4, -0.2) is 36.3 Å². The fourth-order valence-corrected chi connectivity index (χ4v) is 2.19. The second-order valence-corrected chi connectivity index (χ2v) is 5.17. The van der Waals surface area contributed by atoms with Gasteiger partial charge in [-0.2, -0.15) is 0 Å². The molecule has 8 nitrogen and oxygen atoms in total. The molecule has 0 bridgehead atoms. The number of carbonyl (C=O) groups excluding carboxylic acids is 2. The highest BCUT2D eigenvalue weighted by Gasteiger charge is 2.14. The molecule has 0 saturated heterocycles. The maximum Gasteiger partial charge on any atom is 0.337 e. The maximum absolute atomic E-state index is 12.2. The summed E-state index contributed by atoms with van der Waals surface area (Å²) in [5.41, 5.74) is 1.35. The summed E-state index contributed by atoms with van der Waals surface area (Å²) in [5, 5.41) is 10.2. The lowest BCUT2D eigenvalue weighted by Gasteiger charge is -2.02. The highest BCUT2D eigenvalue weighted by molar-refractivity contribution is 6.03. The molecule has 1 N–H and O–H groups in total. The lowest BCUT2D eigenvalue weighted by atomic mass is 10.1. The van der Waals surface area contributed by atoms with Gasteiger partial charge in [0.1, 0.15) is 5.75 Å². The number of hydrogen-bond acceptors (Lipinski definition) is 7. The van der Waals surface area contributed by atoms with Crippen molar-refractivity contribution in [2.24, 2.45) is 0 Å². The first kappa shape index (κ1) is 17.2. The topological polar surface area (TPSA) is 104 Å². The number of hydrogen-bond donors (Lipinski definition) is 1. The Hall–Kier alpha value is -3.68. The van der Waals surface area contributed by atoms with Gasteiger partial charge in [-0.05, 0) is 42.5 Å². The molecule has 0 spiro atoms. The molecular weight excluding hydrogens is 338 g/mol. The molecule has 26 heavy (non-hydrogen) atoms. The van der Waals surface area contributed by atoms with E-state index in [2.05, 4.69) is 20.3 Å². The number of rotatable bonds is 5. The lowest BCUT2D eigenvalue weighted by Crippen LogP contribution is -2.12. The van der Waals surface area contributed by atoms with Gasteiger partial charge in [-0.1, -0.05) is 11.2 Å². The Bertz CT molecular complexity index is 934. The van der Waals surface area contributed by atoms with Crippen LogP contribution in [0.1, 0.15) is 20.7 Å². The van der Waals surface area contributed by atoms with Crippen molar-refractivity contribution < 1.29 is 23.5 Å². The van der Waals surface area contributed by atoms with Crippen molar-refractivity contribution >= 4 is 17.9 Å². The summed E-state index contributed by atoms with van der Waals surface area (Å²) in [6, 6.07) is 13.1. The fraction of sp³-hybridized carbons (Fsp3) is 0.111. The molecule has 3 aromatic rings. The van der Waals surface area contributed by atoms with Crippen LogP contribution in [0, 0.1) is 0 Å². The minimum atomic E-state index is -0.475. The van der Waals surface area contributed by atoms with Crippen molar-refractivity contribution in [2.45, 2.75) is 0 Å². The number of benzene rings is 2. The smallest absolute Gasteiger partial charge is 0.337 e. The molecule has 0 fully saturated rings. The molecule has 1 heterocycles. The Balaban J connectivity index is 1.72. The van der Waals surface area contributed by atoms with Crippen LogP contribution in [0.3, 0.4) is 0 Å². The molecule has 0 aliphatic heterocycles. The highest BCUT2D eigenvalue weighted by atomic mass is 16.5. The summed E-state index contributed by atoms with van der Waals surface area (Å²) in [4.78, 5) is 23.6. The Morgan fingerprint density at radius 1 is 1.00 bits per heavy atom. The molecule has 1 amide bonds. The Kier molecular flexibility index (Phi) is 4.93. The van der Waals surface area contributed by atoms with Gasteiger partial charge in [0.15, 0.2) is 0 Å². The zero-order chi connectivity index (χ0) is 18.5. The number of ether oxygens (including phenoxy) is 2. The van der Waals surface area contributed by atoms with E-state index in [1.807, 2.05) is 0 Å². The van der Waals surface area contributed by atoms with E-state index in [1.54, 1.807) is 31.4 Å². The summed E-state index contributed by atoms with van der Waals surface area (Å²) < 4.78 is 15.2. The number of nitrogens with zero attached hydrogens (tertiary/aromatic N) is 2. The van der Waals surface area contributed by atoms with Crippen LogP contribution < -0.4 is 10.1 Å². The normalized spacial score (nSPS) is 10.2. The summed E-state index contributed by atoms with van der Waals surface area (Å²) in [7, 11) is 2.85. The molecule has 0 unspecified atom stereocenters. The van der Waals surface area contributed by atoms with Crippen molar-refractivity contribution in [3.8, 4) is 17.2 Å². The number of amides is 1. The average molecular weight is 353 g/mol. The number of methoxy groups -OCH3 is 2. The van der Waals surface area contributed by atoms with Crippen molar-refractivity contribution in [3.05, 3.63) is 59.7 Å². The van der Waals surface area contributed by atoms with E-state index in [0.717, 1.165) is 0 Å². The quantitative estimate of drug-likeness (QED) is 0.703. The van der Waals surface area contributed by atoms with Crippen LogP contribution in [-0.2, 0) is 4.74 Å². The molecule has 0 aliphatic rings. The van der Waals surface area contributed by atoms with Gasteiger partial charge < -0.3 is 13.9 Å². The standard InChI is InChI=1S/C18H15N3O5/c1-24-14-5-3-4-13(10-14)16-20-21-18(26-16)19-15(22)11-6-8-12(9-7-11)17(23)25-2/h3-10H,1-2H3,(H,19,21,22). The first-order valence-electron chi connectivity index (χ1n) is 7.58. The third kappa shape index (κ3) is 3.69. The summed E-state index contributed by atoms with van der Waals surface area (Å²) in [6.45, 7) is 0. The van der Waals surface area contributed by atoms with E-state index < -0.39 is 11.9 Å². The van der Waals surface area contributed by atoms with E-state index in [9.17, 15) is 9.59 Å². The Labute approximate surface area is 148 Å². The monoisotopic (exact) mass is 353 g/mol. The molecule has 2 aromatic carbocycles. The molecule has 3 rings (SSSR count). The zero-order valence-electron chi connectivity index (χ0n) is 14.1. The van der Waals surface area contributed by atoms with E-state index in [1.165, 1.54) is 31.4 Å². The number of anilines is 1. The van der Waals surface area contributed by atoms with E-state index >= 15 is 0 Å². The van der Waals surface area contributed by atoms with Gasteiger partial charge in [0.2, 0.25) is 5.89 Å². The van der Waals surface area contributed by atoms with Crippen molar-refractivity contribution in [2.75, 3.05) is 19.5 Å². The maximum atomic E-state index is 12.2. The van der Waals surface area contributed by atoms with Crippen LogP contribution in [0.25, 0.3) is 11.5 Å². The average Bonchev–Trinajstić information content (AvgIpc) is 3.16. The molecule has 0 saturated carbocycles. The van der Waals surface area contributed by atoms with Crippen molar-refractivity contribution in [1.29, 1.82) is 0 Å². The SMILES string of the molecule is COC(=O)c1ccc(C(=O)Nc2nnc(-c3cccc(OC)c3)o2)cc1. The van der Waals surface area contributed by atoms with Crippen LogP contribution in [0.2, 0.25) is 0 Å². The number of esters is 1. The van der Waals surface area contributed by atoms with E-state index in [0.29, 0.717) is 22.4 Å². The van der Waals surface area contributed by atoms with Gasteiger partial charge in [-0.3, -0.25) is 10.1 Å². The molecular formula is C18H15N3O5. The number of nitrogens with one attached hydrogen (secondary N) is 1. The summed E-state index contributed by atoms with van der Waals surface area (Å²) in [6.07, 6.45) is 0. The molecule has 0 radical (unpaired) electrons. The van der Waals surface area contributed by atoms with E-state index in [4.69, 9.17) is 9.15 Å². The van der Waals surface area contributed by atoms with Crippen molar-refractivity contribution in [1.82, 2.24) is 10.2 Å². The summed E-state index contributed by atoms with van der Waals surface area (Å²) >= 11 is 0. The minimum Gasteiger partial charge on any atom is -0.497 e. The highest BCUT2D eigenvalue weighted by Crippen LogP contribution is 2.24.